The molecule has 0 radical (unpaired) electrons. The Labute approximate surface area is 123 Å². The fraction of sp³-hybridized carbons (Fsp3) is 0.647. The molecular formula is C17H29N3. The first-order valence-electron chi connectivity index (χ1n) is 7.73. The summed E-state index contributed by atoms with van der Waals surface area (Å²) in [5.41, 5.74) is 7.81. The van der Waals surface area contributed by atoms with Crippen molar-refractivity contribution in [3.05, 3.63) is 35.9 Å². The van der Waals surface area contributed by atoms with E-state index in [2.05, 4.69) is 55.0 Å². The summed E-state index contributed by atoms with van der Waals surface area (Å²) in [5, 5.41) is 0. The second-order valence-corrected chi connectivity index (χ2v) is 6.67. The summed E-state index contributed by atoms with van der Waals surface area (Å²) in [7, 11) is 2.22. The summed E-state index contributed by atoms with van der Waals surface area (Å²) in [6.07, 6.45) is 2.24. The first-order valence-corrected chi connectivity index (χ1v) is 7.73. The maximum Gasteiger partial charge on any atom is 0.0295 e. The molecule has 1 aromatic rings. The molecule has 1 unspecified atom stereocenters. The van der Waals surface area contributed by atoms with Crippen LogP contribution < -0.4 is 5.73 Å². The molecule has 20 heavy (non-hydrogen) atoms. The van der Waals surface area contributed by atoms with Crippen molar-refractivity contribution in [1.82, 2.24) is 9.80 Å². The van der Waals surface area contributed by atoms with Gasteiger partial charge in [-0.05, 0) is 45.8 Å². The van der Waals surface area contributed by atoms with Crippen LogP contribution in [0.1, 0.15) is 38.3 Å². The normalized spacial score (nSPS) is 21.8. The monoisotopic (exact) mass is 275 g/mol. The molecule has 0 spiro atoms. The van der Waals surface area contributed by atoms with Crippen LogP contribution in [0, 0.1) is 0 Å². The van der Waals surface area contributed by atoms with Gasteiger partial charge in [-0.15, -0.1) is 0 Å². The lowest BCUT2D eigenvalue weighted by molar-refractivity contribution is 0.0391. The molecule has 3 heteroatoms. The Bertz CT molecular complexity index is 402. The molecule has 1 aliphatic rings. The Morgan fingerprint density at radius 3 is 2.55 bits per heavy atom. The van der Waals surface area contributed by atoms with Crippen LogP contribution >= 0.6 is 0 Å². The molecule has 1 aliphatic heterocycles. The highest BCUT2D eigenvalue weighted by Crippen LogP contribution is 2.20. The van der Waals surface area contributed by atoms with Crippen molar-refractivity contribution in [3.8, 4) is 0 Å². The molecule has 2 rings (SSSR count). The summed E-state index contributed by atoms with van der Waals surface area (Å²) in [6.45, 7) is 9.32. The lowest BCUT2D eigenvalue weighted by Gasteiger charge is -2.45. The smallest absolute Gasteiger partial charge is 0.0295 e. The minimum Gasteiger partial charge on any atom is -0.324 e. The summed E-state index contributed by atoms with van der Waals surface area (Å²) in [4.78, 5) is 5.04. The number of nitrogens with zero attached hydrogens (tertiary/aromatic N) is 2. The SMILES string of the molecule is CN1CCN(CCCC(N)c2ccccc2)CC1(C)C. The molecular weight excluding hydrogens is 246 g/mol. The molecule has 1 saturated heterocycles. The Balaban J connectivity index is 1.74. The predicted octanol–water partition coefficient (Wildman–Crippen LogP) is 2.49. The third-order valence-electron chi connectivity index (χ3n) is 4.61. The van der Waals surface area contributed by atoms with Crippen molar-refractivity contribution in [2.45, 2.75) is 38.3 Å². The number of benzene rings is 1. The van der Waals surface area contributed by atoms with Crippen molar-refractivity contribution in [2.75, 3.05) is 33.2 Å². The van der Waals surface area contributed by atoms with Crippen LogP contribution in [-0.2, 0) is 0 Å². The number of rotatable bonds is 5. The average Bonchev–Trinajstić information content (AvgIpc) is 2.43. The van der Waals surface area contributed by atoms with Gasteiger partial charge in [-0.25, -0.2) is 0 Å². The third kappa shape index (κ3) is 4.05. The number of nitrogens with two attached hydrogens (primary N) is 1. The molecule has 2 N–H and O–H groups in total. The number of hydrogen-bond acceptors (Lipinski definition) is 3. The van der Waals surface area contributed by atoms with E-state index in [-0.39, 0.29) is 6.04 Å². The van der Waals surface area contributed by atoms with Gasteiger partial charge in [0.15, 0.2) is 0 Å². The fourth-order valence-electron chi connectivity index (χ4n) is 2.93. The molecule has 3 nitrogen and oxygen atoms in total. The highest BCUT2D eigenvalue weighted by Gasteiger charge is 2.30. The number of hydrogen-bond donors (Lipinski definition) is 1. The minimum atomic E-state index is 0.177. The van der Waals surface area contributed by atoms with E-state index < -0.39 is 0 Å². The molecule has 112 valence electrons. The van der Waals surface area contributed by atoms with E-state index in [1.165, 1.54) is 18.5 Å². The highest BCUT2D eigenvalue weighted by atomic mass is 15.3. The van der Waals surface area contributed by atoms with Gasteiger partial charge < -0.3 is 10.6 Å². The topological polar surface area (TPSA) is 32.5 Å². The summed E-state index contributed by atoms with van der Waals surface area (Å²) in [6, 6.07) is 10.6. The first kappa shape index (κ1) is 15.5. The van der Waals surface area contributed by atoms with Crippen LogP contribution in [0.15, 0.2) is 30.3 Å². The molecule has 1 fully saturated rings. The Kier molecular flexibility index (Phi) is 5.19. The predicted molar refractivity (Wildman–Crippen MR) is 85.8 cm³/mol. The molecule has 0 aromatic heterocycles. The van der Waals surface area contributed by atoms with Gasteiger partial charge in [0.05, 0.1) is 0 Å². The third-order valence-corrected chi connectivity index (χ3v) is 4.61. The van der Waals surface area contributed by atoms with Gasteiger partial charge in [-0.1, -0.05) is 30.3 Å². The zero-order chi connectivity index (χ0) is 14.6. The molecule has 0 aliphatic carbocycles. The number of piperazine rings is 1. The van der Waals surface area contributed by atoms with Gasteiger partial charge in [0.1, 0.15) is 0 Å². The van der Waals surface area contributed by atoms with Gasteiger partial charge in [0.25, 0.3) is 0 Å². The summed E-state index contributed by atoms with van der Waals surface area (Å²) >= 11 is 0. The summed E-state index contributed by atoms with van der Waals surface area (Å²) in [5.74, 6) is 0. The first-order chi connectivity index (χ1) is 9.49. The highest BCUT2D eigenvalue weighted by molar-refractivity contribution is 5.18. The zero-order valence-electron chi connectivity index (χ0n) is 13.2. The quantitative estimate of drug-likeness (QED) is 0.896. The average molecular weight is 275 g/mol. The van der Waals surface area contributed by atoms with Gasteiger partial charge in [-0.3, -0.25) is 4.90 Å². The van der Waals surface area contributed by atoms with Gasteiger partial charge >= 0.3 is 0 Å². The maximum atomic E-state index is 6.26. The lowest BCUT2D eigenvalue weighted by atomic mass is 9.99. The van der Waals surface area contributed by atoms with Gasteiger partial charge in [0, 0.05) is 31.2 Å². The van der Waals surface area contributed by atoms with E-state index in [9.17, 15) is 0 Å². The van der Waals surface area contributed by atoms with Crippen LogP contribution in [0.4, 0.5) is 0 Å². The largest absolute Gasteiger partial charge is 0.324 e. The van der Waals surface area contributed by atoms with Crippen LogP contribution in [0.5, 0.6) is 0 Å². The van der Waals surface area contributed by atoms with E-state index in [1.807, 2.05) is 6.07 Å². The molecule has 1 aromatic carbocycles. The molecule has 0 bridgehead atoms. The minimum absolute atomic E-state index is 0.177. The lowest BCUT2D eigenvalue weighted by Crippen LogP contribution is -2.57. The van der Waals surface area contributed by atoms with Gasteiger partial charge in [-0.2, -0.15) is 0 Å². The van der Waals surface area contributed by atoms with E-state index in [0.717, 1.165) is 26.1 Å². The van der Waals surface area contributed by atoms with Crippen LogP contribution in [0.3, 0.4) is 0 Å². The van der Waals surface area contributed by atoms with E-state index in [0.29, 0.717) is 5.54 Å². The molecule has 1 heterocycles. The fourth-order valence-corrected chi connectivity index (χ4v) is 2.93. The van der Waals surface area contributed by atoms with Crippen molar-refractivity contribution in [3.63, 3.8) is 0 Å². The molecule has 1 atom stereocenters. The van der Waals surface area contributed by atoms with Crippen molar-refractivity contribution >= 4 is 0 Å². The van der Waals surface area contributed by atoms with Crippen LogP contribution in [0.25, 0.3) is 0 Å². The Morgan fingerprint density at radius 1 is 1.20 bits per heavy atom. The van der Waals surface area contributed by atoms with Crippen LogP contribution in [0.2, 0.25) is 0 Å². The zero-order valence-corrected chi connectivity index (χ0v) is 13.2. The maximum absolute atomic E-state index is 6.26. The Morgan fingerprint density at radius 2 is 1.90 bits per heavy atom. The molecule has 0 amide bonds. The number of likely N-dealkylation sites (N-methyl/N-ethyl adjacent to an activating group) is 1. The van der Waals surface area contributed by atoms with Crippen molar-refractivity contribution in [2.24, 2.45) is 5.73 Å². The molecule has 0 saturated carbocycles. The van der Waals surface area contributed by atoms with Crippen molar-refractivity contribution < 1.29 is 0 Å². The van der Waals surface area contributed by atoms with Gasteiger partial charge in [0.2, 0.25) is 0 Å². The summed E-state index contributed by atoms with van der Waals surface area (Å²) < 4.78 is 0. The second kappa shape index (κ2) is 6.70. The Hall–Kier alpha value is -0.900. The van der Waals surface area contributed by atoms with E-state index in [4.69, 9.17) is 5.73 Å². The van der Waals surface area contributed by atoms with E-state index in [1.54, 1.807) is 0 Å². The second-order valence-electron chi connectivity index (χ2n) is 6.67. The van der Waals surface area contributed by atoms with Crippen LogP contribution in [-0.4, -0.2) is 48.6 Å². The van der Waals surface area contributed by atoms with Crippen molar-refractivity contribution in [1.29, 1.82) is 0 Å². The van der Waals surface area contributed by atoms with E-state index >= 15 is 0 Å². The standard InChI is InChI=1S/C17H29N3/c1-17(2)14-20(13-12-19(17)3)11-7-10-16(18)15-8-5-4-6-9-15/h4-6,8-9,16H,7,10-14,18H2,1-3H3.